The minimum Gasteiger partial charge on any atom is -0.309 e. The van der Waals surface area contributed by atoms with E-state index in [2.05, 4.69) is 15.5 Å². The van der Waals surface area contributed by atoms with Gasteiger partial charge in [-0.25, -0.2) is 0 Å². The maximum atomic E-state index is 6.19. The van der Waals surface area contributed by atoms with Crippen LogP contribution in [0.2, 0.25) is 10.0 Å². The van der Waals surface area contributed by atoms with Crippen LogP contribution in [0.5, 0.6) is 0 Å². The maximum Gasteiger partial charge on any atom is 0.0605 e. The predicted molar refractivity (Wildman–Crippen MR) is 69.4 cm³/mol. The van der Waals surface area contributed by atoms with Gasteiger partial charge < -0.3 is 5.32 Å². The van der Waals surface area contributed by atoms with Crippen molar-refractivity contribution in [2.24, 2.45) is 0 Å². The standard InChI is InChI=1S/C12H11Cl2N3/c1-15-12(8-4-5-16-17-7-8)10-3-2-9(13)6-11(10)14/h2-7,12,15H,1H3. The fraction of sp³-hybridized carbons (Fsp3) is 0.167. The van der Waals surface area contributed by atoms with Crippen LogP contribution in [0.25, 0.3) is 0 Å². The van der Waals surface area contributed by atoms with Crippen molar-refractivity contribution in [3.8, 4) is 0 Å². The van der Waals surface area contributed by atoms with Gasteiger partial charge in [0.1, 0.15) is 0 Å². The number of hydrogen-bond acceptors (Lipinski definition) is 3. The third-order valence-electron chi connectivity index (χ3n) is 2.50. The first-order chi connectivity index (χ1) is 8.22. The molecule has 1 heterocycles. The van der Waals surface area contributed by atoms with Gasteiger partial charge in [-0.2, -0.15) is 10.2 Å². The average molecular weight is 268 g/mol. The second kappa shape index (κ2) is 5.45. The van der Waals surface area contributed by atoms with Crippen molar-refractivity contribution in [3.63, 3.8) is 0 Å². The number of rotatable bonds is 3. The van der Waals surface area contributed by atoms with Gasteiger partial charge in [-0.15, -0.1) is 0 Å². The Hall–Kier alpha value is -1.16. The van der Waals surface area contributed by atoms with Crippen LogP contribution in [0.4, 0.5) is 0 Å². The monoisotopic (exact) mass is 267 g/mol. The highest BCUT2D eigenvalue weighted by atomic mass is 35.5. The molecule has 0 radical (unpaired) electrons. The van der Waals surface area contributed by atoms with Gasteiger partial charge in [0.15, 0.2) is 0 Å². The third kappa shape index (κ3) is 2.75. The number of nitrogens with zero attached hydrogens (tertiary/aromatic N) is 2. The van der Waals surface area contributed by atoms with Crippen LogP contribution < -0.4 is 5.32 Å². The van der Waals surface area contributed by atoms with Gasteiger partial charge in [-0.1, -0.05) is 29.3 Å². The molecule has 0 spiro atoms. The van der Waals surface area contributed by atoms with Crippen LogP contribution >= 0.6 is 23.2 Å². The minimum atomic E-state index is -0.0183. The highest BCUT2D eigenvalue weighted by Crippen LogP contribution is 2.29. The van der Waals surface area contributed by atoms with E-state index in [0.717, 1.165) is 11.1 Å². The molecule has 1 aromatic carbocycles. The summed E-state index contributed by atoms with van der Waals surface area (Å²) in [4.78, 5) is 0. The third-order valence-corrected chi connectivity index (χ3v) is 3.07. The van der Waals surface area contributed by atoms with Crippen LogP contribution in [0.1, 0.15) is 17.2 Å². The van der Waals surface area contributed by atoms with Gasteiger partial charge in [0.25, 0.3) is 0 Å². The van der Waals surface area contributed by atoms with E-state index in [0.29, 0.717) is 10.0 Å². The van der Waals surface area contributed by atoms with E-state index in [9.17, 15) is 0 Å². The molecule has 1 aromatic heterocycles. The summed E-state index contributed by atoms with van der Waals surface area (Å²) in [7, 11) is 1.87. The summed E-state index contributed by atoms with van der Waals surface area (Å²) < 4.78 is 0. The van der Waals surface area contributed by atoms with Gasteiger partial charge in [0.2, 0.25) is 0 Å². The molecular weight excluding hydrogens is 257 g/mol. The smallest absolute Gasteiger partial charge is 0.0605 e. The molecule has 2 rings (SSSR count). The summed E-state index contributed by atoms with van der Waals surface area (Å²) in [6, 6.07) is 7.35. The fourth-order valence-electron chi connectivity index (χ4n) is 1.71. The first-order valence-corrected chi connectivity index (χ1v) is 5.87. The summed E-state index contributed by atoms with van der Waals surface area (Å²) in [6.07, 6.45) is 3.37. The molecule has 88 valence electrons. The number of aromatic nitrogens is 2. The van der Waals surface area contributed by atoms with Crippen LogP contribution in [-0.2, 0) is 0 Å². The lowest BCUT2D eigenvalue weighted by Crippen LogP contribution is -2.18. The Kier molecular flexibility index (Phi) is 3.94. The van der Waals surface area contributed by atoms with E-state index in [1.165, 1.54) is 0 Å². The SMILES string of the molecule is CNC(c1ccnnc1)c1ccc(Cl)cc1Cl. The van der Waals surface area contributed by atoms with Crippen molar-refractivity contribution in [3.05, 3.63) is 57.8 Å². The summed E-state index contributed by atoms with van der Waals surface area (Å²) in [5.41, 5.74) is 1.97. The quantitative estimate of drug-likeness (QED) is 0.929. The van der Waals surface area contributed by atoms with Gasteiger partial charge in [-0.05, 0) is 36.4 Å². The zero-order valence-electron chi connectivity index (χ0n) is 9.19. The normalized spacial score (nSPS) is 12.4. The molecule has 0 aliphatic heterocycles. The Morgan fingerprint density at radius 2 is 2.00 bits per heavy atom. The fourth-order valence-corrected chi connectivity index (χ4v) is 2.23. The Balaban J connectivity index is 2.42. The molecule has 0 amide bonds. The van der Waals surface area contributed by atoms with Crippen LogP contribution in [0.15, 0.2) is 36.7 Å². The molecular formula is C12H11Cl2N3. The van der Waals surface area contributed by atoms with E-state index in [4.69, 9.17) is 23.2 Å². The maximum absolute atomic E-state index is 6.19. The molecule has 0 aliphatic carbocycles. The molecule has 0 saturated heterocycles. The predicted octanol–water partition coefficient (Wildman–Crippen LogP) is 3.09. The average Bonchev–Trinajstić information content (AvgIpc) is 2.34. The van der Waals surface area contributed by atoms with Crippen molar-refractivity contribution >= 4 is 23.2 Å². The largest absolute Gasteiger partial charge is 0.309 e. The molecule has 0 fully saturated rings. The Bertz CT molecular complexity index is 502. The highest BCUT2D eigenvalue weighted by Gasteiger charge is 2.15. The first-order valence-electron chi connectivity index (χ1n) is 5.11. The summed E-state index contributed by atoms with van der Waals surface area (Å²) in [6.45, 7) is 0. The molecule has 1 atom stereocenters. The molecule has 0 aliphatic rings. The second-order valence-electron chi connectivity index (χ2n) is 3.56. The molecule has 1 unspecified atom stereocenters. The topological polar surface area (TPSA) is 37.8 Å². The minimum absolute atomic E-state index is 0.0183. The van der Waals surface area contributed by atoms with Gasteiger partial charge >= 0.3 is 0 Å². The van der Waals surface area contributed by atoms with E-state index >= 15 is 0 Å². The van der Waals surface area contributed by atoms with E-state index < -0.39 is 0 Å². The Morgan fingerprint density at radius 3 is 2.59 bits per heavy atom. The Morgan fingerprint density at radius 1 is 1.18 bits per heavy atom. The summed E-state index contributed by atoms with van der Waals surface area (Å²) in [5, 5.41) is 12.1. The lowest BCUT2D eigenvalue weighted by Gasteiger charge is -2.17. The molecule has 2 aromatic rings. The molecule has 0 saturated carbocycles. The van der Waals surface area contributed by atoms with Gasteiger partial charge in [-0.3, -0.25) is 0 Å². The van der Waals surface area contributed by atoms with E-state index in [1.54, 1.807) is 18.5 Å². The Labute approximate surface area is 110 Å². The lowest BCUT2D eigenvalue weighted by molar-refractivity contribution is 0.685. The number of benzene rings is 1. The van der Waals surface area contributed by atoms with Crippen molar-refractivity contribution in [1.29, 1.82) is 0 Å². The van der Waals surface area contributed by atoms with Crippen molar-refractivity contribution in [1.82, 2.24) is 15.5 Å². The van der Waals surface area contributed by atoms with Crippen LogP contribution in [0, 0.1) is 0 Å². The highest BCUT2D eigenvalue weighted by molar-refractivity contribution is 6.35. The zero-order valence-corrected chi connectivity index (χ0v) is 10.7. The molecule has 0 bridgehead atoms. The molecule has 5 heteroatoms. The van der Waals surface area contributed by atoms with Gasteiger partial charge in [0, 0.05) is 16.2 Å². The van der Waals surface area contributed by atoms with E-state index in [-0.39, 0.29) is 6.04 Å². The van der Waals surface area contributed by atoms with Crippen molar-refractivity contribution in [2.75, 3.05) is 7.05 Å². The summed E-state index contributed by atoms with van der Waals surface area (Å²) >= 11 is 12.1. The zero-order chi connectivity index (χ0) is 12.3. The number of nitrogens with one attached hydrogen (secondary N) is 1. The first kappa shape index (κ1) is 12.3. The number of hydrogen-bond donors (Lipinski definition) is 1. The lowest BCUT2D eigenvalue weighted by atomic mass is 10.0. The van der Waals surface area contributed by atoms with Crippen LogP contribution in [-0.4, -0.2) is 17.2 Å². The molecule has 1 N–H and O–H groups in total. The molecule has 3 nitrogen and oxygen atoms in total. The van der Waals surface area contributed by atoms with Gasteiger partial charge in [0.05, 0.1) is 12.2 Å². The van der Waals surface area contributed by atoms with Crippen molar-refractivity contribution < 1.29 is 0 Å². The van der Waals surface area contributed by atoms with Crippen molar-refractivity contribution in [2.45, 2.75) is 6.04 Å². The number of halogens is 2. The van der Waals surface area contributed by atoms with Crippen LogP contribution in [0.3, 0.4) is 0 Å². The summed E-state index contributed by atoms with van der Waals surface area (Å²) in [5.74, 6) is 0. The van der Waals surface area contributed by atoms with E-state index in [1.807, 2.05) is 25.2 Å². The molecule has 17 heavy (non-hydrogen) atoms. The second-order valence-corrected chi connectivity index (χ2v) is 4.41.